The van der Waals surface area contributed by atoms with Crippen LogP contribution in [0.2, 0.25) is 0 Å². The summed E-state index contributed by atoms with van der Waals surface area (Å²) in [6.45, 7) is 8.96. The van der Waals surface area contributed by atoms with E-state index >= 15 is 0 Å². The lowest BCUT2D eigenvalue weighted by atomic mass is 9.80. The molecule has 0 amide bonds. The highest BCUT2D eigenvalue weighted by atomic mass is 32.1. The van der Waals surface area contributed by atoms with E-state index in [-0.39, 0.29) is 5.41 Å². The summed E-state index contributed by atoms with van der Waals surface area (Å²) in [4.78, 5) is 16.7. The van der Waals surface area contributed by atoms with Gasteiger partial charge in [0, 0.05) is 53.7 Å². The van der Waals surface area contributed by atoms with Crippen LogP contribution in [0.1, 0.15) is 22.6 Å². The Bertz CT molecular complexity index is 692. The lowest BCUT2D eigenvalue weighted by Crippen LogP contribution is -2.50. The number of likely N-dealkylation sites (tertiary alicyclic amines) is 1. The highest BCUT2D eigenvalue weighted by Crippen LogP contribution is 2.34. The minimum absolute atomic E-state index is 0.181. The molecule has 2 aromatic heterocycles. The summed E-state index contributed by atoms with van der Waals surface area (Å²) in [5, 5.41) is 0. The molecular formula is C19H26N4OS. The third-order valence-corrected chi connectivity index (χ3v) is 6.18. The van der Waals surface area contributed by atoms with Crippen LogP contribution in [0.5, 0.6) is 0 Å². The van der Waals surface area contributed by atoms with Crippen molar-refractivity contribution in [1.29, 1.82) is 0 Å². The molecule has 4 heterocycles. The Balaban J connectivity index is 1.48. The largest absolute Gasteiger partial charge is 0.379 e. The van der Waals surface area contributed by atoms with Crippen molar-refractivity contribution >= 4 is 17.3 Å². The fraction of sp³-hybridized carbons (Fsp3) is 0.579. The number of hydrogen-bond donors (Lipinski definition) is 0. The predicted octanol–water partition coefficient (Wildman–Crippen LogP) is 2.97. The van der Waals surface area contributed by atoms with Gasteiger partial charge in [-0.2, -0.15) is 0 Å². The molecule has 0 radical (unpaired) electrons. The Morgan fingerprint density at radius 2 is 2.08 bits per heavy atom. The van der Waals surface area contributed by atoms with Crippen LogP contribution in [0.25, 0.3) is 0 Å². The van der Waals surface area contributed by atoms with E-state index in [1.165, 1.54) is 29.1 Å². The number of piperidine rings is 1. The second kappa shape index (κ2) is 7.40. The van der Waals surface area contributed by atoms with Gasteiger partial charge >= 0.3 is 0 Å². The van der Waals surface area contributed by atoms with Gasteiger partial charge in [0.05, 0.1) is 13.2 Å². The van der Waals surface area contributed by atoms with E-state index in [4.69, 9.17) is 4.74 Å². The maximum atomic E-state index is 6.02. The molecule has 4 rings (SSSR count). The first-order chi connectivity index (χ1) is 12.2. The Labute approximate surface area is 153 Å². The normalized spacial score (nSPS) is 25.2. The van der Waals surface area contributed by atoms with Crippen LogP contribution in [0.15, 0.2) is 30.6 Å². The molecule has 0 aliphatic carbocycles. The summed E-state index contributed by atoms with van der Waals surface area (Å²) in [5.74, 6) is 0.832. The smallest absolute Gasteiger partial charge is 0.225 e. The van der Waals surface area contributed by atoms with E-state index in [1.807, 2.05) is 29.8 Å². The van der Waals surface area contributed by atoms with Crippen molar-refractivity contribution in [2.24, 2.45) is 5.41 Å². The fourth-order valence-electron chi connectivity index (χ4n) is 4.10. The molecule has 25 heavy (non-hydrogen) atoms. The van der Waals surface area contributed by atoms with Gasteiger partial charge in [0.2, 0.25) is 5.95 Å². The number of thiophene rings is 1. The summed E-state index contributed by atoms with van der Waals surface area (Å²) >= 11 is 1.91. The standard InChI is InChI=1S/C19H26N4OS/c1-16-4-5-17(25-16)12-22-9-2-6-19(13-22)14-23(10-11-24-15-19)18-20-7-3-8-21-18/h3-5,7-8H,2,6,9-15H2,1H3/t19-/m0/s1. The molecule has 0 bridgehead atoms. The highest BCUT2D eigenvalue weighted by Gasteiger charge is 2.39. The first-order valence-corrected chi connectivity index (χ1v) is 9.92. The van der Waals surface area contributed by atoms with Gasteiger partial charge in [0.25, 0.3) is 0 Å². The molecule has 1 spiro atoms. The van der Waals surface area contributed by atoms with Crippen LogP contribution in [0.4, 0.5) is 5.95 Å². The van der Waals surface area contributed by atoms with Crippen molar-refractivity contribution in [2.75, 3.05) is 44.3 Å². The van der Waals surface area contributed by atoms with Crippen molar-refractivity contribution in [3.8, 4) is 0 Å². The van der Waals surface area contributed by atoms with Gasteiger partial charge < -0.3 is 9.64 Å². The summed E-state index contributed by atoms with van der Waals surface area (Å²) in [6.07, 6.45) is 6.10. The number of nitrogens with zero attached hydrogens (tertiary/aromatic N) is 4. The molecule has 2 aliphatic rings. The van der Waals surface area contributed by atoms with Gasteiger partial charge in [-0.3, -0.25) is 4.90 Å². The summed E-state index contributed by atoms with van der Waals surface area (Å²) < 4.78 is 6.02. The quantitative estimate of drug-likeness (QED) is 0.844. The number of hydrogen-bond acceptors (Lipinski definition) is 6. The third-order valence-electron chi connectivity index (χ3n) is 5.19. The van der Waals surface area contributed by atoms with Gasteiger partial charge in [-0.05, 0) is 44.5 Å². The molecule has 2 fully saturated rings. The van der Waals surface area contributed by atoms with E-state index in [2.05, 4.69) is 38.8 Å². The van der Waals surface area contributed by atoms with Crippen molar-refractivity contribution in [2.45, 2.75) is 26.3 Å². The van der Waals surface area contributed by atoms with E-state index < -0.39 is 0 Å². The average molecular weight is 359 g/mol. The van der Waals surface area contributed by atoms with Gasteiger partial charge in [0.1, 0.15) is 0 Å². The van der Waals surface area contributed by atoms with Crippen LogP contribution in [-0.2, 0) is 11.3 Å². The lowest BCUT2D eigenvalue weighted by Gasteiger charge is -2.43. The zero-order valence-corrected chi connectivity index (χ0v) is 15.7. The minimum Gasteiger partial charge on any atom is -0.379 e. The van der Waals surface area contributed by atoms with E-state index in [9.17, 15) is 0 Å². The first kappa shape index (κ1) is 16.9. The summed E-state index contributed by atoms with van der Waals surface area (Å²) in [6, 6.07) is 6.37. The highest BCUT2D eigenvalue weighted by molar-refractivity contribution is 7.11. The summed E-state index contributed by atoms with van der Waals surface area (Å²) in [7, 11) is 0. The van der Waals surface area contributed by atoms with Crippen molar-refractivity contribution in [3.63, 3.8) is 0 Å². The van der Waals surface area contributed by atoms with Crippen molar-refractivity contribution in [1.82, 2.24) is 14.9 Å². The van der Waals surface area contributed by atoms with Crippen LogP contribution in [0, 0.1) is 12.3 Å². The van der Waals surface area contributed by atoms with Gasteiger partial charge in [-0.15, -0.1) is 11.3 Å². The van der Waals surface area contributed by atoms with E-state index in [1.54, 1.807) is 0 Å². The number of aromatic nitrogens is 2. The topological polar surface area (TPSA) is 41.5 Å². The summed E-state index contributed by atoms with van der Waals surface area (Å²) in [5.41, 5.74) is 0.181. The average Bonchev–Trinajstić information content (AvgIpc) is 2.92. The SMILES string of the molecule is Cc1ccc(CN2CCC[C@]3(COCCN(c4ncccn4)C3)C2)s1. The second-order valence-electron chi connectivity index (χ2n) is 7.35. The van der Waals surface area contributed by atoms with Crippen LogP contribution < -0.4 is 4.90 Å². The molecule has 2 aromatic rings. The predicted molar refractivity (Wildman–Crippen MR) is 101 cm³/mol. The van der Waals surface area contributed by atoms with Gasteiger partial charge in [-0.25, -0.2) is 9.97 Å². The third kappa shape index (κ3) is 4.02. The van der Waals surface area contributed by atoms with Crippen LogP contribution in [0.3, 0.4) is 0 Å². The first-order valence-electron chi connectivity index (χ1n) is 9.10. The fourth-order valence-corrected chi connectivity index (χ4v) is 5.03. The monoisotopic (exact) mass is 358 g/mol. The van der Waals surface area contributed by atoms with Crippen molar-refractivity contribution in [3.05, 3.63) is 40.3 Å². The Morgan fingerprint density at radius 1 is 1.20 bits per heavy atom. The van der Waals surface area contributed by atoms with E-state index in [0.29, 0.717) is 0 Å². The molecule has 0 unspecified atom stereocenters. The Morgan fingerprint density at radius 3 is 2.88 bits per heavy atom. The Kier molecular flexibility index (Phi) is 5.01. The van der Waals surface area contributed by atoms with Gasteiger partial charge in [-0.1, -0.05) is 0 Å². The number of rotatable bonds is 3. The minimum atomic E-state index is 0.181. The molecule has 0 aromatic carbocycles. The zero-order chi connectivity index (χ0) is 17.1. The van der Waals surface area contributed by atoms with Gasteiger partial charge in [0.15, 0.2) is 0 Å². The molecule has 1 atom stereocenters. The Hall–Kier alpha value is -1.50. The lowest BCUT2D eigenvalue weighted by molar-refractivity contribution is 0.0109. The number of aryl methyl sites for hydroxylation is 1. The molecule has 134 valence electrons. The van der Waals surface area contributed by atoms with Crippen LogP contribution in [-0.4, -0.2) is 54.3 Å². The zero-order valence-electron chi connectivity index (χ0n) is 14.9. The molecule has 5 nitrogen and oxygen atoms in total. The molecule has 6 heteroatoms. The van der Waals surface area contributed by atoms with Crippen molar-refractivity contribution < 1.29 is 4.74 Å². The molecule has 2 aliphatic heterocycles. The molecule has 0 N–H and O–H groups in total. The van der Waals surface area contributed by atoms with E-state index in [0.717, 1.165) is 45.3 Å². The maximum Gasteiger partial charge on any atom is 0.225 e. The molecule has 2 saturated heterocycles. The second-order valence-corrected chi connectivity index (χ2v) is 8.72. The van der Waals surface area contributed by atoms with Crippen LogP contribution >= 0.6 is 11.3 Å². The number of anilines is 1. The number of ether oxygens (including phenoxy) is 1. The molecular weight excluding hydrogens is 332 g/mol. The maximum absolute atomic E-state index is 6.02. The molecule has 0 saturated carbocycles.